The molecule has 0 fully saturated rings. The minimum atomic E-state index is -0.0805. The summed E-state index contributed by atoms with van der Waals surface area (Å²) in [5.41, 5.74) is 6.77. The Labute approximate surface area is 106 Å². The van der Waals surface area contributed by atoms with E-state index in [1.807, 2.05) is 30.3 Å². The molecule has 0 saturated heterocycles. The number of benzene rings is 1. The molecule has 1 unspecified atom stereocenters. The van der Waals surface area contributed by atoms with E-state index in [4.69, 9.17) is 10.9 Å². The minimum Gasteiger partial charge on any atom is -0.409 e. The van der Waals surface area contributed by atoms with Crippen molar-refractivity contribution in [2.75, 3.05) is 25.1 Å². The molecule has 0 aliphatic rings. The van der Waals surface area contributed by atoms with E-state index < -0.39 is 0 Å². The van der Waals surface area contributed by atoms with Crippen molar-refractivity contribution in [1.82, 2.24) is 5.32 Å². The van der Waals surface area contributed by atoms with Crippen molar-refractivity contribution >= 4 is 17.6 Å². The first-order valence-electron chi connectivity index (χ1n) is 5.51. The van der Waals surface area contributed by atoms with Gasteiger partial charge in [0.1, 0.15) is 5.84 Å². The van der Waals surface area contributed by atoms with Crippen LogP contribution in [-0.2, 0) is 0 Å². The summed E-state index contributed by atoms with van der Waals surface area (Å²) < 4.78 is 0. The van der Waals surface area contributed by atoms with Crippen molar-refractivity contribution in [3.63, 3.8) is 0 Å². The van der Waals surface area contributed by atoms with Crippen LogP contribution in [0.4, 0.5) is 0 Å². The molecule has 0 heterocycles. The molecule has 1 aromatic carbocycles. The molecule has 0 radical (unpaired) electrons. The van der Waals surface area contributed by atoms with Crippen molar-refractivity contribution in [2.45, 2.75) is 5.92 Å². The van der Waals surface area contributed by atoms with Crippen molar-refractivity contribution in [1.29, 1.82) is 0 Å². The van der Waals surface area contributed by atoms with Gasteiger partial charge in [-0.05, 0) is 11.8 Å². The highest BCUT2D eigenvalue weighted by atomic mass is 32.2. The minimum absolute atomic E-state index is 0.0805. The fraction of sp³-hybridized carbons (Fsp3) is 0.417. The van der Waals surface area contributed by atoms with Crippen LogP contribution in [-0.4, -0.2) is 36.1 Å². The van der Waals surface area contributed by atoms with Gasteiger partial charge in [0.15, 0.2) is 0 Å². The van der Waals surface area contributed by atoms with Gasteiger partial charge in [0, 0.05) is 18.8 Å². The maximum atomic E-state index is 8.80. The molecule has 0 amide bonds. The molecule has 0 aromatic heterocycles. The molecule has 0 aliphatic carbocycles. The summed E-state index contributed by atoms with van der Waals surface area (Å²) in [7, 11) is 0. The van der Waals surface area contributed by atoms with Crippen LogP contribution in [0.3, 0.4) is 0 Å². The largest absolute Gasteiger partial charge is 0.409 e. The van der Waals surface area contributed by atoms with Gasteiger partial charge in [-0.1, -0.05) is 35.5 Å². The lowest BCUT2D eigenvalue weighted by molar-refractivity contribution is 0.315. The van der Waals surface area contributed by atoms with E-state index in [0.717, 1.165) is 17.9 Å². The molecule has 94 valence electrons. The monoisotopic (exact) mass is 253 g/mol. The zero-order valence-electron chi connectivity index (χ0n) is 9.97. The number of hydrogen-bond acceptors (Lipinski definition) is 4. The topological polar surface area (TPSA) is 70.6 Å². The first kappa shape index (κ1) is 13.9. The fourth-order valence-corrected chi connectivity index (χ4v) is 1.92. The summed E-state index contributed by atoms with van der Waals surface area (Å²) in [5, 5.41) is 15.2. The molecule has 5 heteroatoms. The van der Waals surface area contributed by atoms with Crippen LogP contribution in [0, 0.1) is 0 Å². The molecule has 0 bridgehead atoms. The molecule has 1 rings (SSSR count). The van der Waals surface area contributed by atoms with Crippen LogP contribution in [0.25, 0.3) is 0 Å². The maximum absolute atomic E-state index is 8.80. The average Bonchev–Trinajstić information content (AvgIpc) is 2.39. The molecule has 0 saturated carbocycles. The van der Waals surface area contributed by atoms with Gasteiger partial charge in [-0.3, -0.25) is 0 Å². The second-order valence-corrected chi connectivity index (χ2v) is 4.67. The van der Waals surface area contributed by atoms with Gasteiger partial charge in [-0.25, -0.2) is 0 Å². The highest BCUT2D eigenvalue weighted by molar-refractivity contribution is 7.98. The number of thioether (sulfide) groups is 1. The first-order chi connectivity index (χ1) is 8.29. The summed E-state index contributed by atoms with van der Waals surface area (Å²) >= 11 is 1.79. The lowest BCUT2D eigenvalue weighted by Crippen LogP contribution is -2.32. The lowest BCUT2D eigenvalue weighted by atomic mass is 9.98. The van der Waals surface area contributed by atoms with E-state index in [9.17, 15) is 0 Å². The molecule has 17 heavy (non-hydrogen) atoms. The molecule has 4 nitrogen and oxygen atoms in total. The molecule has 1 aromatic rings. The number of nitrogens with zero attached hydrogens (tertiary/aromatic N) is 1. The number of nitrogens with two attached hydrogens (primary N) is 1. The Hall–Kier alpha value is -1.20. The number of nitrogens with one attached hydrogen (secondary N) is 1. The van der Waals surface area contributed by atoms with Gasteiger partial charge < -0.3 is 16.3 Å². The van der Waals surface area contributed by atoms with E-state index in [1.54, 1.807) is 11.8 Å². The zero-order chi connectivity index (χ0) is 12.5. The van der Waals surface area contributed by atoms with Gasteiger partial charge >= 0.3 is 0 Å². The van der Waals surface area contributed by atoms with Crippen LogP contribution in [0.5, 0.6) is 0 Å². The molecule has 0 spiro atoms. The van der Waals surface area contributed by atoms with E-state index in [2.05, 4.69) is 16.7 Å². The Kier molecular flexibility index (Phi) is 6.50. The van der Waals surface area contributed by atoms with Gasteiger partial charge in [0.2, 0.25) is 0 Å². The van der Waals surface area contributed by atoms with Gasteiger partial charge in [-0.2, -0.15) is 11.8 Å². The van der Waals surface area contributed by atoms with Crippen LogP contribution in [0.2, 0.25) is 0 Å². The Morgan fingerprint density at radius 1 is 1.47 bits per heavy atom. The SMILES string of the molecule is CSCCNCC(C(N)=NO)c1ccccc1. The normalized spacial score (nSPS) is 13.6. The highest BCUT2D eigenvalue weighted by Crippen LogP contribution is 2.14. The van der Waals surface area contributed by atoms with Crippen LogP contribution in [0.15, 0.2) is 35.5 Å². The number of oxime groups is 1. The third-order valence-corrected chi connectivity index (χ3v) is 3.12. The van der Waals surface area contributed by atoms with Crippen LogP contribution in [0.1, 0.15) is 11.5 Å². The Morgan fingerprint density at radius 2 is 2.18 bits per heavy atom. The molecular formula is C12H19N3OS. The number of rotatable bonds is 7. The Morgan fingerprint density at radius 3 is 2.76 bits per heavy atom. The van der Waals surface area contributed by atoms with E-state index in [1.165, 1.54) is 0 Å². The van der Waals surface area contributed by atoms with Gasteiger partial charge in [0.25, 0.3) is 0 Å². The van der Waals surface area contributed by atoms with Crippen molar-refractivity contribution in [3.8, 4) is 0 Å². The summed E-state index contributed by atoms with van der Waals surface area (Å²) in [6.07, 6.45) is 2.07. The molecular weight excluding hydrogens is 234 g/mol. The number of amidine groups is 1. The predicted molar refractivity (Wildman–Crippen MR) is 73.8 cm³/mol. The zero-order valence-corrected chi connectivity index (χ0v) is 10.8. The van der Waals surface area contributed by atoms with Crippen LogP contribution >= 0.6 is 11.8 Å². The van der Waals surface area contributed by atoms with Crippen LogP contribution < -0.4 is 11.1 Å². The molecule has 1 atom stereocenters. The maximum Gasteiger partial charge on any atom is 0.147 e. The fourth-order valence-electron chi connectivity index (χ4n) is 1.57. The van der Waals surface area contributed by atoms with E-state index in [-0.39, 0.29) is 11.8 Å². The second kappa shape index (κ2) is 7.97. The average molecular weight is 253 g/mol. The third kappa shape index (κ3) is 4.66. The summed E-state index contributed by atoms with van der Waals surface area (Å²) in [4.78, 5) is 0. The van der Waals surface area contributed by atoms with E-state index >= 15 is 0 Å². The summed E-state index contributed by atoms with van der Waals surface area (Å²) in [5.74, 6) is 1.22. The molecule has 0 aliphatic heterocycles. The Bertz CT molecular complexity index is 343. The summed E-state index contributed by atoms with van der Waals surface area (Å²) in [6, 6.07) is 9.83. The second-order valence-electron chi connectivity index (χ2n) is 3.69. The summed E-state index contributed by atoms with van der Waals surface area (Å²) in [6.45, 7) is 1.60. The smallest absolute Gasteiger partial charge is 0.147 e. The predicted octanol–water partition coefficient (Wildman–Crippen LogP) is 1.47. The van der Waals surface area contributed by atoms with Crippen molar-refractivity contribution in [2.24, 2.45) is 10.9 Å². The van der Waals surface area contributed by atoms with Crippen molar-refractivity contribution < 1.29 is 5.21 Å². The van der Waals surface area contributed by atoms with Crippen molar-refractivity contribution in [3.05, 3.63) is 35.9 Å². The lowest BCUT2D eigenvalue weighted by Gasteiger charge is -2.16. The van der Waals surface area contributed by atoms with Gasteiger partial charge in [-0.15, -0.1) is 0 Å². The number of hydrogen-bond donors (Lipinski definition) is 3. The third-order valence-electron chi connectivity index (χ3n) is 2.51. The first-order valence-corrected chi connectivity index (χ1v) is 6.91. The molecule has 4 N–H and O–H groups in total. The van der Waals surface area contributed by atoms with E-state index in [0.29, 0.717) is 6.54 Å². The Balaban J connectivity index is 2.62. The quantitative estimate of drug-likeness (QED) is 0.226. The highest BCUT2D eigenvalue weighted by Gasteiger charge is 2.15. The standard InChI is InChI=1S/C12H19N3OS/c1-17-8-7-14-9-11(12(13)15-16)10-5-3-2-4-6-10/h2-6,11,14,16H,7-9H2,1H3,(H2,13,15). The van der Waals surface area contributed by atoms with Gasteiger partial charge in [0.05, 0.1) is 5.92 Å².